The predicted octanol–water partition coefficient (Wildman–Crippen LogP) is 7.52. The van der Waals surface area contributed by atoms with Crippen LogP contribution in [0.4, 0.5) is 5.69 Å². The van der Waals surface area contributed by atoms with Crippen molar-refractivity contribution >= 4 is 29.2 Å². The third kappa shape index (κ3) is 6.86. The zero-order valence-electron chi connectivity index (χ0n) is 27.5. The third-order valence-electron chi connectivity index (χ3n) is 9.41. The first kappa shape index (κ1) is 32.9. The molecule has 0 bridgehead atoms. The Labute approximate surface area is 273 Å². The van der Waals surface area contributed by atoms with Gasteiger partial charge in [-0.25, -0.2) is 4.85 Å². The lowest BCUT2D eigenvalue weighted by molar-refractivity contribution is -0.199. The van der Waals surface area contributed by atoms with Gasteiger partial charge in [-0.3, -0.25) is 14.5 Å². The van der Waals surface area contributed by atoms with Crippen LogP contribution in [-0.4, -0.2) is 59.1 Å². The number of amides is 1. The van der Waals surface area contributed by atoms with Gasteiger partial charge in [0.05, 0.1) is 18.1 Å². The van der Waals surface area contributed by atoms with Gasteiger partial charge in [-0.2, -0.15) is 0 Å². The molecule has 2 aromatic rings. The van der Waals surface area contributed by atoms with Crippen LogP contribution in [0, 0.1) is 35.2 Å². The van der Waals surface area contributed by atoms with Crippen molar-refractivity contribution in [1.82, 2.24) is 9.80 Å². The summed E-state index contributed by atoms with van der Waals surface area (Å²) in [4.78, 5) is 33.4. The van der Waals surface area contributed by atoms with Crippen LogP contribution in [0.5, 0.6) is 5.75 Å². The number of rotatable bonds is 6. The van der Waals surface area contributed by atoms with Crippen LogP contribution < -0.4 is 4.74 Å². The van der Waals surface area contributed by atoms with E-state index in [9.17, 15) is 9.59 Å². The third-order valence-corrected chi connectivity index (χ3v) is 9.71. The second-order valence-corrected chi connectivity index (χ2v) is 15.3. The van der Waals surface area contributed by atoms with Crippen molar-refractivity contribution in [3.05, 3.63) is 69.5 Å². The van der Waals surface area contributed by atoms with Gasteiger partial charge in [-0.05, 0) is 88.5 Å². The van der Waals surface area contributed by atoms with E-state index in [1.54, 1.807) is 18.2 Å². The van der Waals surface area contributed by atoms with Gasteiger partial charge in [0, 0.05) is 41.0 Å². The smallest absolute Gasteiger partial charge is 0.320 e. The van der Waals surface area contributed by atoms with Crippen molar-refractivity contribution < 1.29 is 19.1 Å². The summed E-state index contributed by atoms with van der Waals surface area (Å²) in [5, 5.41) is 0.374. The van der Waals surface area contributed by atoms with E-state index in [1.165, 1.54) is 0 Å². The highest BCUT2D eigenvalue weighted by Gasteiger charge is 2.67. The molecule has 1 amide bonds. The number of benzene rings is 2. The summed E-state index contributed by atoms with van der Waals surface area (Å²) in [5.41, 5.74) is 2.01. The Balaban J connectivity index is 1.18. The van der Waals surface area contributed by atoms with Crippen molar-refractivity contribution in [2.75, 3.05) is 19.6 Å². The fraction of sp³-hybridized carbons (Fsp3) is 0.541. The van der Waals surface area contributed by atoms with Crippen LogP contribution >= 0.6 is 11.6 Å². The van der Waals surface area contributed by atoms with Gasteiger partial charge in [-0.1, -0.05) is 57.2 Å². The van der Waals surface area contributed by atoms with Crippen LogP contribution in [0.2, 0.25) is 5.02 Å². The number of ether oxygens (including phenoxy) is 2. The number of fused-ring (bicyclic) bond motifs is 1. The molecular weight excluding hydrogens is 586 g/mol. The highest BCUT2D eigenvalue weighted by molar-refractivity contribution is 6.33. The number of carbonyl (C=O) groups excluding carboxylic acids is 2. The Morgan fingerprint density at radius 2 is 1.78 bits per heavy atom. The Morgan fingerprint density at radius 3 is 2.40 bits per heavy atom. The van der Waals surface area contributed by atoms with E-state index < -0.39 is 5.60 Å². The van der Waals surface area contributed by atoms with Gasteiger partial charge in [0.25, 0.3) is 5.91 Å². The predicted molar refractivity (Wildman–Crippen MR) is 176 cm³/mol. The molecule has 0 radical (unpaired) electrons. The fourth-order valence-corrected chi connectivity index (χ4v) is 8.05. The first-order valence-electron chi connectivity index (χ1n) is 15.8. The first-order chi connectivity index (χ1) is 21.1. The molecule has 1 aliphatic carbocycles. The molecule has 2 fully saturated rings. The summed E-state index contributed by atoms with van der Waals surface area (Å²) in [6.45, 7) is 24.2. The largest absolute Gasteiger partial charge is 0.489 e. The number of halogens is 1. The van der Waals surface area contributed by atoms with Gasteiger partial charge < -0.3 is 14.4 Å². The van der Waals surface area contributed by atoms with Crippen LogP contribution in [0.15, 0.2) is 36.4 Å². The molecular formula is C37H44ClN3O4. The van der Waals surface area contributed by atoms with Crippen LogP contribution in [-0.2, 0) is 16.1 Å². The Bertz CT molecular complexity index is 1570. The second-order valence-electron chi connectivity index (χ2n) is 14.9. The van der Waals surface area contributed by atoms with Gasteiger partial charge in [0.2, 0.25) is 5.69 Å². The van der Waals surface area contributed by atoms with Gasteiger partial charge in [0.1, 0.15) is 17.5 Å². The Hall–Kier alpha value is -3.52. The first-order valence-corrected chi connectivity index (χ1v) is 16.2. The molecule has 0 spiro atoms. The van der Waals surface area contributed by atoms with E-state index in [4.69, 9.17) is 27.6 Å². The van der Waals surface area contributed by atoms with Gasteiger partial charge in [0.15, 0.2) is 0 Å². The van der Waals surface area contributed by atoms with E-state index in [2.05, 4.69) is 55.3 Å². The van der Waals surface area contributed by atoms with Crippen LogP contribution in [0.25, 0.3) is 4.85 Å². The van der Waals surface area contributed by atoms with E-state index >= 15 is 0 Å². The SMILES string of the molecule is [C-]#[N+]c1ccc(OC2C(C)(C)C(N3Cc4cc(C#CCC5CCN(CC(=O)OC(C)(C)C)CC5)ccc4C3=O)C2(C)C)cc1Cl. The second kappa shape index (κ2) is 12.3. The Morgan fingerprint density at radius 1 is 1.09 bits per heavy atom. The molecule has 45 heavy (non-hydrogen) atoms. The fourth-order valence-electron chi connectivity index (χ4n) is 7.83. The number of likely N-dealkylation sites (tertiary alicyclic amines) is 1. The highest BCUT2D eigenvalue weighted by Crippen LogP contribution is 2.59. The standard InChI is InChI=1S/C37H44ClN3O4/c1-35(2,3)45-31(42)23-40-18-16-24(17-19-40)10-9-11-25-12-14-28-26(20-25)22-41(32(28)43)33-36(4,5)34(37(33,6)7)44-27-13-15-30(39-8)29(38)21-27/h12-15,20-21,24,33-34H,10,16-19,22-23H2,1-7H3. The van der Waals surface area contributed by atoms with Crippen molar-refractivity contribution in [2.24, 2.45) is 16.7 Å². The number of carbonyl (C=O) groups is 2. The summed E-state index contributed by atoms with van der Waals surface area (Å²) in [7, 11) is 0. The van der Waals surface area contributed by atoms with E-state index in [1.807, 2.05) is 37.8 Å². The average Bonchev–Trinajstić information content (AvgIpc) is 3.25. The number of hydrogen-bond acceptors (Lipinski definition) is 5. The molecule has 2 aromatic carbocycles. The number of hydrogen-bond donors (Lipinski definition) is 0. The molecule has 2 heterocycles. The molecule has 5 rings (SSSR count). The number of nitrogens with zero attached hydrogens (tertiary/aromatic N) is 3. The summed E-state index contributed by atoms with van der Waals surface area (Å²) >= 11 is 6.27. The summed E-state index contributed by atoms with van der Waals surface area (Å²) in [5.74, 6) is 7.75. The maximum Gasteiger partial charge on any atom is 0.320 e. The quantitative estimate of drug-likeness (QED) is 0.188. The highest BCUT2D eigenvalue weighted by atomic mass is 35.5. The minimum Gasteiger partial charge on any atom is -0.489 e. The van der Waals surface area contributed by atoms with Crippen molar-refractivity contribution in [3.8, 4) is 17.6 Å². The molecule has 0 N–H and O–H groups in total. The van der Waals surface area contributed by atoms with Crippen LogP contribution in [0.3, 0.4) is 0 Å². The molecule has 238 valence electrons. The van der Waals surface area contributed by atoms with Gasteiger partial charge in [-0.15, -0.1) is 0 Å². The zero-order chi connectivity index (χ0) is 32.7. The average molecular weight is 630 g/mol. The monoisotopic (exact) mass is 629 g/mol. The molecule has 3 aliphatic rings. The number of esters is 1. The lowest BCUT2D eigenvalue weighted by atomic mass is 9.49. The van der Waals surface area contributed by atoms with Gasteiger partial charge >= 0.3 is 5.97 Å². The molecule has 0 atom stereocenters. The molecule has 7 nitrogen and oxygen atoms in total. The molecule has 8 heteroatoms. The minimum absolute atomic E-state index is 0.0244. The van der Waals surface area contributed by atoms with E-state index in [-0.39, 0.29) is 34.9 Å². The summed E-state index contributed by atoms with van der Waals surface area (Å²) < 4.78 is 11.9. The minimum atomic E-state index is -0.457. The van der Waals surface area contributed by atoms with E-state index in [0.717, 1.165) is 49.0 Å². The lowest BCUT2D eigenvalue weighted by Crippen LogP contribution is -2.74. The molecule has 1 saturated carbocycles. The summed E-state index contributed by atoms with van der Waals surface area (Å²) in [6, 6.07) is 11.1. The molecule has 0 unspecified atom stereocenters. The maximum absolute atomic E-state index is 13.7. The molecule has 0 aromatic heterocycles. The zero-order valence-corrected chi connectivity index (χ0v) is 28.3. The van der Waals surface area contributed by atoms with Crippen LogP contribution in [0.1, 0.15) is 89.2 Å². The van der Waals surface area contributed by atoms with Crippen molar-refractivity contribution in [3.63, 3.8) is 0 Å². The molecule has 1 saturated heterocycles. The molecule has 2 aliphatic heterocycles. The number of piperidine rings is 1. The Kier molecular flexibility index (Phi) is 9.02. The summed E-state index contributed by atoms with van der Waals surface area (Å²) in [6.07, 6.45) is 2.71. The maximum atomic E-state index is 13.7. The van der Waals surface area contributed by atoms with Crippen molar-refractivity contribution in [2.45, 2.75) is 92.0 Å². The normalized spacial score (nSPS) is 22.5. The van der Waals surface area contributed by atoms with Crippen molar-refractivity contribution in [1.29, 1.82) is 0 Å². The topological polar surface area (TPSA) is 63.4 Å². The van der Waals surface area contributed by atoms with E-state index in [0.29, 0.717) is 35.5 Å². The lowest BCUT2D eigenvalue weighted by Gasteiger charge is -2.65.